The summed E-state index contributed by atoms with van der Waals surface area (Å²) in [7, 11) is -2.77. The van der Waals surface area contributed by atoms with Gasteiger partial charge in [-0.25, -0.2) is 17.9 Å². The molecule has 1 aliphatic heterocycles. The minimum atomic E-state index is -4.35. The van der Waals surface area contributed by atoms with E-state index in [9.17, 15) is 27.6 Å². The van der Waals surface area contributed by atoms with Crippen molar-refractivity contribution in [1.29, 1.82) is 0 Å². The maximum atomic E-state index is 15.3. The molecule has 15 heteroatoms. The molecule has 2 spiro atoms. The van der Waals surface area contributed by atoms with Crippen molar-refractivity contribution in [1.82, 2.24) is 25.6 Å². The Morgan fingerprint density at radius 1 is 0.935 bits per heavy atom. The van der Waals surface area contributed by atoms with Gasteiger partial charge in [0, 0.05) is 24.9 Å². The number of carbonyl (C=O) groups excluding carboxylic acids is 5. The maximum absolute atomic E-state index is 15.3. The van der Waals surface area contributed by atoms with Crippen LogP contribution in [0.2, 0.25) is 0 Å². The number of fused-ring (bicyclic) bond motifs is 1. The Hall–Kier alpha value is -4.14. The molecule has 4 aliphatic carbocycles. The van der Waals surface area contributed by atoms with Crippen molar-refractivity contribution >= 4 is 45.4 Å². The zero-order chi connectivity index (χ0) is 45.5. The number of nitrogens with zero attached hydrogens (tertiary/aromatic N) is 1. The van der Waals surface area contributed by atoms with Crippen molar-refractivity contribution in [3.05, 3.63) is 36.9 Å². The summed E-state index contributed by atoms with van der Waals surface area (Å²) in [6.45, 7) is 18.3. The van der Waals surface area contributed by atoms with E-state index in [0.29, 0.717) is 18.7 Å². The standard InChI is InChI=1S/C47H72N6O8S/c1-10-19-32(20-11-2)61-42(58)49-36(30-21-14-13-15-22-30)39(55)50-37(43(4,5)6)40(56)53-29-46(44(7,8)45(46)25-18-26-45)28-34(53)38(54)51-47(27-31(47)12-3)41(57)52-62(59,60)35-24-17-16-23-33(35)48-9/h12,16-17,23-24,30-32,34,36-37,48H,3,10-11,13-15,18-22,25-29H2,1-2,4-9H3,(H,49,58)(H,50,55)(H,51,54)(H,52,57)/t31-,34+,36+,37-,46-,47-/m1/s1. The second-order valence-electron chi connectivity index (χ2n) is 20.4. The molecule has 6 atom stereocenters. The Morgan fingerprint density at radius 2 is 1.58 bits per heavy atom. The Bertz CT molecular complexity index is 2000. The minimum Gasteiger partial charge on any atom is -0.446 e. The minimum absolute atomic E-state index is 0.0507. The zero-order valence-corrected chi connectivity index (χ0v) is 39.1. The van der Waals surface area contributed by atoms with Crippen molar-refractivity contribution in [2.75, 3.05) is 18.9 Å². The third-order valence-electron chi connectivity index (χ3n) is 15.7. The van der Waals surface area contributed by atoms with Gasteiger partial charge in [0.1, 0.15) is 34.7 Å². The number of carbonyl (C=O) groups is 5. The Balaban J connectivity index is 1.28. The largest absolute Gasteiger partial charge is 0.446 e. The SMILES string of the molecule is C=C[C@@H]1C[C@]1(NC(=O)[C@@H]1C[C@@]2(CN1C(=O)[C@@H](NC(=O)[C@@H](NC(=O)OC(CCC)CCC)C1CCCCC1)C(C)(C)C)C(C)(C)C21CCC1)C(=O)NS(=O)(=O)c1ccccc1NC. The molecule has 0 bridgehead atoms. The highest BCUT2D eigenvalue weighted by Crippen LogP contribution is 2.88. The monoisotopic (exact) mass is 881 g/mol. The number of benzene rings is 1. The van der Waals surface area contributed by atoms with Gasteiger partial charge in [0.2, 0.25) is 17.7 Å². The molecule has 62 heavy (non-hydrogen) atoms. The molecule has 0 radical (unpaired) electrons. The normalized spacial score (nSPS) is 27.1. The highest BCUT2D eigenvalue weighted by molar-refractivity contribution is 7.90. The molecule has 4 saturated carbocycles. The summed E-state index contributed by atoms with van der Waals surface area (Å²) < 4.78 is 35.2. The predicted molar refractivity (Wildman–Crippen MR) is 238 cm³/mol. The van der Waals surface area contributed by atoms with Crippen molar-refractivity contribution in [3.63, 3.8) is 0 Å². The van der Waals surface area contributed by atoms with Crippen LogP contribution in [0.4, 0.5) is 10.5 Å². The second-order valence-corrected chi connectivity index (χ2v) is 22.1. The van der Waals surface area contributed by atoms with Gasteiger partial charge in [0.15, 0.2) is 0 Å². The summed E-state index contributed by atoms with van der Waals surface area (Å²) in [6.07, 6.45) is 11.7. The zero-order valence-electron chi connectivity index (χ0n) is 38.3. The summed E-state index contributed by atoms with van der Waals surface area (Å²) in [4.78, 5) is 73.7. The van der Waals surface area contributed by atoms with E-state index in [1.165, 1.54) is 12.1 Å². The van der Waals surface area contributed by atoms with Crippen molar-refractivity contribution < 1.29 is 37.1 Å². The van der Waals surface area contributed by atoms with Crippen LogP contribution in [0.1, 0.15) is 138 Å². The lowest BCUT2D eigenvalue weighted by Gasteiger charge is -2.38. The van der Waals surface area contributed by atoms with E-state index in [-0.39, 0.29) is 39.6 Å². The highest BCUT2D eigenvalue weighted by Gasteiger charge is 2.85. The van der Waals surface area contributed by atoms with Crippen LogP contribution in [-0.4, -0.2) is 86.4 Å². The first-order valence-electron chi connectivity index (χ1n) is 23.1. The van der Waals surface area contributed by atoms with Crippen LogP contribution < -0.4 is 26.0 Å². The molecule has 6 rings (SSSR count). The molecule has 1 aromatic carbocycles. The number of para-hydroxylation sites is 1. The van der Waals surface area contributed by atoms with E-state index in [2.05, 4.69) is 46.4 Å². The van der Waals surface area contributed by atoms with Crippen LogP contribution in [0.15, 0.2) is 41.8 Å². The molecule has 5 fully saturated rings. The Labute approximate surface area is 369 Å². The average molecular weight is 881 g/mol. The van der Waals surface area contributed by atoms with Gasteiger partial charge in [-0.15, -0.1) is 6.58 Å². The van der Waals surface area contributed by atoms with E-state index in [4.69, 9.17) is 4.74 Å². The van der Waals surface area contributed by atoms with Gasteiger partial charge in [-0.05, 0) is 85.7 Å². The van der Waals surface area contributed by atoms with E-state index < -0.39 is 74.7 Å². The number of anilines is 1. The number of hydrogen-bond acceptors (Lipinski definition) is 9. The molecule has 1 aromatic rings. The highest BCUT2D eigenvalue weighted by atomic mass is 32.2. The Morgan fingerprint density at radius 3 is 2.11 bits per heavy atom. The number of alkyl carbamates (subject to hydrolysis) is 1. The smallest absolute Gasteiger partial charge is 0.408 e. The van der Waals surface area contributed by atoms with Gasteiger partial charge in [0.25, 0.3) is 15.9 Å². The number of amides is 5. The van der Waals surface area contributed by atoms with Crippen molar-refractivity contribution in [3.8, 4) is 0 Å². The molecule has 0 unspecified atom stereocenters. The molecule has 5 amide bonds. The molecule has 5 aliphatic rings. The molecular weight excluding hydrogens is 809 g/mol. The fourth-order valence-corrected chi connectivity index (χ4v) is 13.0. The molecule has 344 valence electrons. The van der Waals surface area contributed by atoms with Crippen LogP contribution in [0.3, 0.4) is 0 Å². The number of sulfonamides is 1. The van der Waals surface area contributed by atoms with Crippen LogP contribution in [-0.2, 0) is 33.9 Å². The van der Waals surface area contributed by atoms with Crippen molar-refractivity contribution in [2.45, 2.75) is 173 Å². The molecule has 14 nitrogen and oxygen atoms in total. The fraction of sp³-hybridized carbons (Fsp3) is 0.723. The quantitative estimate of drug-likeness (QED) is 0.108. The third-order valence-corrected chi connectivity index (χ3v) is 17.1. The average Bonchev–Trinajstić information content (AvgIpc) is 3.93. The summed E-state index contributed by atoms with van der Waals surface area (Å²) in [5.74, 6) is -3.02. The van der Waals surface area contributed by atoms with Gasteiger partial charge in [0.05, 0.1) is 5.69 Å². The van der Waals surface area contributed by atoms with Crippen LogP contribution in [0.25, 0.3) is 0 Å². The lowest BCUT2D eigenvalue weighted by Crippen LogP contribution is -2.62. The first-order valence-corrected chi connectivity index (χ1v) is 24.5. The molecule has 1 saturated heterocycles. The lowest BCUT2D eigenvalue weighted by molar-refractivity contribution is -0.145. The summed E-state index contributed by atoms with van der Waals surface area (Å²) in [5.41, 5.74) is -2.71. The third kappa shape index (κ3) is 8.47. The van der Waals surface area contributed by atoms with Crippen LogP contribution in [0, 0.1) is 33.5 Å². The molecule has 1 heterocycles. The van der Waals surface area contributed by atoms with Crippen LogP contribution in [0.5, 0.6) is 0 Å². The number of hydrogen-bond donors (Lipinski definition) is 5. The first-order chi connectivity index (χ1) is 29.2. The number of rotatable bonds is 17. The molecule has 0 aromatic heterocycles. The number of likely N-dealkylation sites (tertiary alicyclic amines) is 1. The van der Waals surface area contributed by atoms with Crippen molar-refractivity contribution in [2.24, 2.45) is 33.5 Å². The maximum Gasteiger partial charge on any atom is 0.408 e. The lowest BCUT2D eigenvalue weighted by atomic mass is 9.73. The second kappa shape index (κ2) is 17.8. The summed E-state index contributed by atoms with van der Waals surface area (Å²) >= 11 is 0. The molecule has 5 N–H and O–H groups in total. The number of nitrogens with one attached hydrogen (secondary N) is 5. The first kappa shape index (κ1) is 47.3. The number of ether oxygens (including phenoxy) is 1. The van der Waals surface area contributed by atoms with E-state index in [1.807, 2.05) is 34.6 Å². The van der Waals surface area contributed by atoms with Gasteiger partial charge >= 0.3 is 6.09 Å². The predicted octanol–water partition coefficient (Wildman–Crippen LogP) is 6.57. The fourth-order valence-electron chi connectivity index (χ4n) is 11.7. The summed E-state index contributed by atoms with van der Waals surface area (Å²) in [5, 5.41) is 11.8. The van der Waals surface area contributed by atoms with Gasteiger partial charge < -0.3 is 30.9 Å². The van der Waals surface area contributed by atoms with E-state index >= 15 is 4.79 Å². The van der Waals surface area contributed by atoms with Crippen LogP contribution >= 0.6 is 0 Å². The van der Waals surface area contributed by atoms with Gasteiger partial charge in [-0.1, -0.05) is 105 Å². The summed E-state index contributed by atoms with van der Waals surface area (Å²) in [6, 6.07) is 3.21. The Kier molecular flexibility index (Phi) is 13.6. The van der Waals surface area contributed by atoms with E-state index in [1.54, 1.807) is 30.1 Å². The topological polar surface area (TPSA) is 192 Å². The van der Waals surface area contributed by atoms with Gasteiger partial charge in [-0.2, -0.15) is 0 Å². The molecular formula is C47H72N6O8S. The van der Waals surface area contributed by atoms with Gasteiger partial charge in [-0.3, -0.25) is 19.2 Å². The van der Waals surface area contributed by atoms with E-state index in [0.717, 1.165) is 77.0 Å².